The summed E-state index contributed by atoms with van der Waals surface area (Å²) in [6.07, 6.45) is 5.10. The van der Waals surface area contributed by atoms with E-state index < -0.39 is 0 Å². The van der Waals surface area contributed by atoms with Crippen molar-refractivity contribution in [2.75, 3.05) is 6.61 Å². The van der Waals surface area contributed by atoms with Crippen LogP contribution in [0.5, 0.6) is 5.75 Å². The SMILES string of the molecule is Cc1ccc(C)c(OCCCCn2c(C(C)NC(=O)c3cccnc3)nc3ccccc32)c1. The number of carbonyl (C=O) groups is 1. The molecule has 0 spiro atoms. The molecule has 1 N–H and O–H groups in total. The average molecular weight is 443 g/mol. The molecule has 0 aliphatic heterocycles. The van der Waals surface area contributed by atoms with Crippen LogP contribution >= 0.6 is 0 Å². The van der Waals surface area contributed by atoms with Crippen LogP contribution in [0.4, 0.5) is 0 Å². The van der Waals surface area contributed by atoms with Crippen LogP contribution in [0.3, 0.4) is 0 Å². The van der Waals surface area contributed by atoms with Crippen LogP contribution in [0, 0.1) is 13.8 Å². The number of fused-ring (bicyclic) bond motifs is 1. The molecule has 4 aromatic rings. The highest BCUT2D eigenvalue weighted by Crippen LogP contribution is 2.23. The van der Waals surface area contributed by atoms with Crippen molar-refractivity contribution in [2.24, 2.45) is 0 Å². The summed E-state index contributed by atoms with van der Waals surface area (Å²) in [6, 6.07) is 17.6. The minimum Gasteiger partial charge on any atom is -0.493 e. The average Bonchev–Trinajstić information content (AvgIpc) is 3.20. The molecule has 2 heterocycles. The number of ether oxygens (including phenoxy) is 1. The number of nitrogens with zero attached hydrogens (tertiary/aromatic N) is 3. The van der Waals surface area contributed by atoms with Crippen molar-refractivity contribution in [1.29, 1.82) is 0 Å². The molecule has 0 aliphatic carbocycles. The summed E-state index contributed by atoms with van der Waals surface area (Å²) >= 11 is 0. The third-order valence-electron chi connectivity index (χ3n) is 5.72. The summed E-state index contributed by atoms with van der Waals surface area (Å²) in [5.41, 5.74) is 4.90. The number of hydrogen-bond donors (Lipinski definition) is 1. The first-order valence-electron chi connectivity index (χ1n) is 11.4. The number of hydrogen-bond acceptors (Lipinski definition) is 4. The van der Waals surface area contributed by atoms with Gasteiger partial charge in [-0.15, -0.1) is 0 Å². The first kappa shape index (κ1) is 22.5. The van der Waals surface area contributed by atoms with Gasteiger partial charge in [0, 0.05) is 18.9 Å². The number of imidazole rings is 1. The molecule has 0 fully saturated rings. The van der Waals surface area contributed by atoms with Crippen LogP contribution in [0.2, 0.25) is 0 Å². The third kappa shape index (κ3) is 5.40. The molecule has 1 amide bonds. The van der Waals surface area contributed by atoms with Crippen LogP contribution in [-0.2, 0) is 6.54 Å². The fourth-order valence-corrected chi connectivity index (χ4v) is 3.92. The van der Waals surface area contributed by atoms with Gasteiger partial charge in [0.25, 0.3) is 5.91 Å². The van der Waals surface area contributed by atoms with Crippen LogP contribution in [0.25, 0.3) is 11.0 Å². The zero-order valence-electron chi connectivity index (χ0n) is 19.4. The fourth-order valence-electron chi connectivity index (χ4n) is 3.92. The van der Waals surface area contributed by atoms with Crippen molar-refractivity contribution in [3.8, 4) is 5.75 Å². The smallest absolute Gasteiger partial charge is 0.253 e. The summed E-state index contributed by atoms with van der Waals surface area (Å²) in [5, 5.41) is 3.06. The predicted octanol–water partition coefficient (Wildman–Crippen LogP) is 5.40. The number of benzene rings is 2. The highest BCUT2D eigenvalue weighted by molar-refractivity contribution is 5.94. The molecule has 6 nitrogen and oxygen atoms in total. The lowest BCUT2D eigenvalue weighted by molar-refractivity contribution is 0.0937. The molecule has 170 valence electrons. The number of pyridine rings is 1. The number of unbranched alkanes of at least 4 members (excludes halogenated alkanes) is 1. The summed E-state index contributed by atoms with van der Waals surface area (Å²) in [4.78, 5) is 21.5. The number of aromatic nitrogens is 3. The van der Waals surface area contributed by atoms with E-state index in [1.165, 1.54) is 5.56 Å². The van der Waals surface area contributed by atoms with Crippen LogP contribution in [0.15, 0.2) is 67.0 Å². The van der Waals surface area contributed by atoms with E-state index >= 15 is 0 Å². The van der Waals surface area contributed by atoms with E-state index in [9.17, 15) is 4.79 Å². The Morgan fingerprint density at radius 3 is 2.76 bits per heavy atom. The number of nitrogens with one attached hydrogen (secondary N) is 1. The molecule has 0 saturated heterocycles. The van der Waals surface area contributed by atoms with Crippen LogP contribution < -0.4 is 10.1 Å². The van der Waals surface area contributed by atoms with Gasteiger partial charge in [0.2, 0.25) is 0 Å². The molecular weight excluding hydrogens is 412 g/mol. The molecule has 0 saturated carbocycles. The quantitative estimate of drug-likeness (QED) is 0.353. The minimum atomic E-state index is -0.240. The second-order valence-electron chi connectivity index (χ2n) is 8.37. The number of amides is 1. The highest BCUT2D eigenvalue weighted by Gasteiger charge is 2.19. The maximum absolute atomic E-state index is 12.6. The largest absolute Gasteiger partial charge is 0.493 e. The lowest BCUT2D eigenvalue weighted by atomic mass is 10.1. The number of aryl methyl sites for hydroxylation is 3. The molecule has 2 aromatic carbocycles. The topological polar surface area (TPSA) is 69.0 Å². The highest BCUT2D eigenvalue weighted by atomic mass is 16.5. The Labute approximate surface area is 194 Å². The Balaban J connectivity index is 1.42. The summed E-state index contributed by atoms with van der Waals surface area (Å²) in [6.45, 7) is 7.58. The van der Waals surface area contributed by atoms with E-state index in [-0.39, 0.29) is 11.9 Å². The van der Waals surface area contributed by atoms with Gasteiger partial charge in [-0.25, -0.2) is 4.98 Å². The minimum absolute atomic E-state index is 0.156. The number of rotatable bonds is 9. The van der Waals surface area contributed by atoms with E-state index in [4.69, 9.17) is 9.72 Å². The van der Waals surface area contributed by atoms with Crippen LogP contribution in [0.1, 0.15) is 53.1 Å². The van der Waals surface area contributed by atoms with Crippen molar-refractivity contribution in [2.45, 2.75) is 46.2 Å². The van der Waals surface area contributed by atoms with E-state index in [2.05, 4.69) is 53.0 Å². The lowest BCUT2D eigenvalue weighted by Crippen LogP contribution is -2.28. The zero-order chi connectivity index (χ0) is 23.2. The fraction of sp³-hybridized carbons (Fsp3) is 0.296. The Bertz CT molecular complexity index is 1230. The summed E-state index contributed by atoms with van der Waals surface area (Å²) in [7, 11) is 0. The number of para-hydroxylation sites is 2. The van der Waals surface area contributed by atoms with E-state index in [1.54, 1.807) is 24.5 Å². The van der Waals surface area contributed by atoms with Crippen molar-refractivity contribution < 1.29 is 9.53 Å². The Morgan fingerprint density at radius 2 is 1.94 bits per heavy atom. The van der Waals surface area contributed by atoms with E-state index in [0.717, 1.165) is 47.6 Å². The predicted molar refractivity (Wildman–Crippen MR) is 130 cm³/mol. The Morgan fingerprint density at radius 1 is 1.09 bits per heavy atom. The molecule has 1 atom stereocenters. The van der Waals surface area contributed by atoms with Gasteiger partial charge in [0.05, 0.1) is 29.2 Å². The second kappa shape index (κ2) is 10.3. The van der Waals surface area contributed by atoms with Gasteiger partial charge in [-0.2, -0.15) is 0 Å². The van der Waals surface area contributed by atoms with Crippen molar-refractivity contribution in [1.82, 2.24) is 19.9 Å². The van der Waals surface area contributed by atoms with Crippen molar-refractivity contribution >= 4 is 16.9 Å². The third-order valence-corrected chi connectivity index (χ3v) is 5.72. The standard InChI is InChI=1S/C27H30N4O2/c1-19-12-13-20(2)25(17-19)33-16-7-6-15-31-24-11-5-4-10-23(24)30-26(31)21(3)29-27(32)22-9-8-14-28-18-22/h4-5,8-14,17-18,21H,6-7,15-16H2,1-3H3,(H,29,32). The van der Waals surface area contributed by atoms with Gasteiger partial charge in [-0.05, 0) is 75.1 Å². The molecule has 0 aliphatic rings. The zero-order valence-corrected chi connectivity index (χ0v) is 19.4. The molecule has 0 radical (unpaired) electrons. The molecule has 2 aromatic heterocycles. The monoisotopic (exact) mass is 442 g/mol. The maximum atomic E-state index is 12.6. The first-order chi connectivity index (χ1) is 16.0. The van der Waals surface area contributed by atoms with Crippen molar-refractivity contribution in [3.05, 3.63) is 89.5 Å². The normalized spacial score (nSPS) is 12.0. The van der Waals surface area contributed by atoms with Crippen molar-refractivity contribution in [3.63, 3.8) is 0 Å². The first-order valence-corrected chi connectivity index (χ1v) is 11.4. The lowest BCUT2D eigenvalue weighted by Gasteiger charge is -2.16. The Hall–Kier alpha value is -3.67. The molecule has 4 rings (SSSR count). The van der Waals surface area contributed by atoms with Gasteiger partial charge in [-0.1, -0.05) is 24.3 Å². The summed E-state index contributed by atoms with van der Waals surface area (Å²) < 4.78 is 8.23. The second-order valence-corrected chi connectivity index (χ2v) is 8.37. The van der Waals surface area contributed by atoms with Gasteiger partial charge in [0.1, 0.15) is 11.6 Å². The van der Waals surface area contributed by atoms with Gasteiger partial charge in [-0.3, -0.25) is 9.78 Å². The van der Waals surface area contributed by atoms with E-state index in [1.807, 2.05) is 25.1 Å². The molecule has 1 unspecified atom stereocenters. The maximum Gasteiger partial charge on any atom is 0.253 e. The van der Waals surface area contributed by atoms with Gasteiger partial charge < -0.3 is 14.6 Å². The van der Waals surface area contributed by atoms with Gasteiger partial charge >= 0.3 is 0 Å². The van der Waals surface area contributed by atoms with Crippen LogP contribution in [-0.4, -0.2) is 27.0 Å². The van der Waals surface area contributed by atoms with E-state index in [0.29, 0.717) is 12.2 Å². The molecule has 33 heavy (non-hydrogen) atoms. The number of carbonyl (C=O) groups excluding carboxylic acids is 1. The molecule has 6 heteroatoms. The van der Waals surface area contributed by atoms with Gasteiger partial charge in [0.15, 0.2) is 0 Å². The Kier molecular flexibility index (Phi) is 7.03. The molecular formula is C27H30N4O2. The molecule has 0 bridgehead atoms. The summed E-state index contributed by atoms with van der Waals surface area (Å²) in [5.74, 6) is 1.65.